The number of carbonyl (C=O) groups is 2. The lowest BCUT2D eigenvalue weighted by Gasteiger charge is -2.35. The molecule has 1 aliphatic rings. The largest absolute Gasteiger partial charge is 0.481 e. The number of aliphatic carboxylic acids is 1. The van der Waals surface area contributed by atoms with Gasteiger partial charge in [-0.2, -0.15) is 0 Å². The van der Waals surface area contributed by atoms with Crippen LogP contribution >= 0.6 is 0 Å². The van der Waals surface area contributed by atoms with E-state index in [2.05, 4.69) is 0 Å². The van der Waals surface area contributed by atoms with Gasteiger partial charge in [-0.1, -0.05) is 0 Å². The van der Waals surface area contributed by atoms with E-state index in [9.17, 15) is 9.59 Å². The standard InChI is InChI=1S/C11H20N2O4/c1-8(12)2-3-10(14)13-4-5-17-7-9(13)6-11(15)16/h8-9H,2-7,12H2,1H3,(H,15,16). The molecule has 6 nitrogen and oxygen atoms in total. The van der Waals surface area contributed by atoms with Crippen molar-refractivity contribution in [3.05, 3.63) is 0 Å². The first kappa shape index (κ1) is 13.9. The maximum atomic E-state index is 11.9. The zero-order valence-corrected chi connectivity index (χ0v) is 10.1. The first-order valence-electron chi connectivity index (χ1n) is 5.85. The van der Waals surface area contributed by atoms with Crippen LogP contribution in [0.25, 0.3) is 0 Å². The summed E-state index contributed by atoms with van der Waals surface area (Å²) >= 11 is 0. The van der Waals surface area contributed by atoms with Crippen molar-refractivity contribution in [3.8, 4) is 0 Å². The van der Waals surface area contributed by atoms with Gasteiger partial charge in [0, 0.05) is 19.0 Å². The van der Waals surface area contributed by atoms with E-state index in [1.54, 1.807) is 4.90 Å². The van der Waals surface area contributed by atoms with Crippen molar-refractivity contribution in [2.75, 3.05) is 19.8 Å². The van der Waals surface area contributed by atoms with Gasteiger partial charge in [0.25, 0.3) is 0 Å². The van der Waals surface area contributed by atoms with Gasteiger partial charge >= 0.3 is 5.97 Å². The lowest BCUT2D eigenvalue weighted by Crippen LogP contribution is -2.49. The summed E-state index contributed by atoms with van der Waals surface area (Å²) in [6, 6.07) is -0.361. The van der Waals surface area contributed by atoms with Crippen molar-refractivity contribution in [3.63, 3.8) is 0 Å². The lowest BCUT2D eigenvalue weighted by molar-refractivity contribution is -0.146. The molecule has 3 N–H and O–H groups in total. The van der Waals surface area contributed by atoms with Crippen molar-refractivity contribution in [2.24, 2.45) is 5.73 Å². The summed E-state index contributed by atoms with van der Waals surface area (Å²) in [7, 11) is 0. The smallest absolute Gasteiger partial charge is 0.305 e. The highest BCUT2D eigenvalue weighted by Gasteiger charge is 2.28. The van der Waals surface area contributed by atoms with Crippen molar-refractivity contribution in [1.29, 1.82) is 0 Å². The quantitative estimate of drug-likeness (QED) is 0.699. The Hall–Kier alpha value is -1.14. The Morgan fingerprint density at radius 1 is 1.59 bits per heavy atom. The number of hydrogen-bond donors (Lipinski definition) is 2. The number of rotatable bonds is 5. The molecular weight excluding hydrogens is 224 g/mol. The average Bonchev–Trinajstić information content (AvgIpc) is 2.25. The van der Waals surface area contributed by atoms with Gasteiger partial charge in [0.1, 0.15) is 0 Å². The number of morpholine rings is 1. The minimum atomic E-state index is -0.912. The van der Waals surface area contributed by atoms with Crippen LogP contribution in [0.2, 0.25) is 0 Å². The van der Waals surface area contributed by atoms with E-state index < -0.39 is 5.97 Å². The van der Waals surface area contributed by atoms with E-state index in [1.165, 1.54) is 0 Å². The van der Waals surface area contributed by atoms with Crippen LogP contribution in [0.3, 0.4) is 0 Å². The van der Waals surface area contributed by atoms with Gasteiger partial charge in [-0.25, -0.2) is 0 Å². The SMILES string of the molecule is CC(N)CCC(=O)N1CCOCC1CC(=O)O. The molecule has 17 heavy (non-hydrogen) atoms. The molecule has 0 spiro atoms. The van der Waals surface area contributed by atoms with E-state index in [4.69, 9.17) is 15.6 Å². The number of nitrogens with two attached hydrogens (primary N) is 1. The molecule has 0 aromatic carbocycles. The molecule has 0 aliphatic carbocycles. The number of carboxylic acids is 1. The number of hydrogen-bond acceptors (Lipinski definition) is 4. The van der Waals surface area contributed by atoms with Gasteiger partial charge in [0.05, 0.1) is 25.7 Å². The second-order valence-electron chi connectivity index (χ2n) is 4.43. The Bertz CT molecular complexity index is 281. The predicted molar refractivity (Wildman–Crippen MR) is 61.5 cm³/mol. The summed E-state index contributed by atoms with van der Waals surface area (Å²) in [5.74, 6) is -0.942. The maximum absolute atomic E-state index is 11.9. The van der Waals surface area contributed by atoms with Crippen molar-refractivity contribution >= 4 is 11.9 Å². The van der Waals surface area contributed by atoms with Crippen molar-refractivity contribution in [1.82, 2.24) is 4.90 Å². The Morgan fingerprint density at radius 2 is 2.29 bits per heavy atom. The molecule has 2 unspecified atom stereocenters. The van der Waals surface area contributed by atoms with E-state index in [0.717, 1.165) is 0 Å². The summed E-state index contributed by atoms with van der Waals surface area (Å²) in [4.78, 5) is 24.2. The summed E-state index contributed by atoms with van der Waals surface area (Å²) in [6.07, 6.45) is 0.924. The molecule has 1 rings (SSSR count). The minimum Gasteiger partial charge on any atom is -0.481 e. The molecule has 0 bridgehead atoms. The van der Waals surface area contributed by atoms with E-state index in [-0.39, 0.29) is 24.4 Å². The van der Waals surface area contributed by atoms with Gasteiger partial charge in [-0.05, 0) is 13.3 Å². The number of nitrogens with zero attached hydrogens (tertiary/aromatic N) is 1. The molecular formula is C11H20N2O4. The maximum Gasteiger partial charge on any atom is 0.305 e. The fraction of sp³-hybridized carbons (Fsp3) is 0.818. The summed E-state index contributed by atoms with van der Waals surface area (Å²) in [5.41, 5.74) is 5.60. The van der Waals surface area contributed by atoms with Crippen LogP contribution in [0.4, 0.5) is 0 Å². The monoisotopic (exact) mass is 244 g/mol. The number of amides is 1. The fourth-order valence-corrected chi connectivity index (χ4v) is 1.85. The minimum absolute atomic E-state index is 0.0158. The molecule has 1 amide bonds. The van der Waals surface area contributed by atoms with Crippen LogP contribution in [0.5, 0.6) is 0 Å². The number of carbonyl (C=O) groups excluding carboxylic acids is 1. The highest BCUT2D eigenvalue weighted by Crippen LogP contribution is 2.13. The van der Waals surface area contributed by atoms with E-state index in [1.807, 2.05) is 6.92 Å². The van der Waals surface area contributed by atoms with Gasteiger partial charge < -0.3 is 20.5 Å². The van der Waals surface area contributed by atoms with Gasteiger partial charge in [-0.3, -0.25) is 9.59 Å². The molecule has 1 heterocycles. The van der Waals surface area contributed by atoms with Crippen molar-refractivity contribution < 1.29 is 19.4 Å². The van der Waals surface area contributed by atoms with Crippen LogP contribution in [0.15, 0.2) is 0 Å². The second kappa shape index (κ2) is 6.56. The summed E-state index contributed by atoms with van der Waals surface area (Å²) in [5, 5.41) is 8.77. The Labute approximate surface area is 101 Å². The molecule has 0 radical (unpaired) electrons. The average molecular weight is 244 g/mol. The first-order valence-corrected chi connectivity index (χ1v) is 5.85. The number of carboxylic acid groups (broad SMARTS) is 1. The zero-order chi connectivity index (χ0) is 12.8. The Kier molecular flexibility index (Phi) is 5.37. The molecule has 1 saturated heterocycles. The molecule has 98 valence electrons. The second-order valence-corrected chi connectivity index (χ2v) is 4.43. The van der Waals surface area contributed by atoms with Gasteiger partial charge in [0.2, 0.25) is 5.91 Å². The molecule has 0 aromatic heterocycles. The van der Waals surface area contributed by atoms with E-state index in [0.29, 0.717) is 32.6 Å². The van der Waals surface area contributed by atoms with Crippen LogP contribution in [0, 0.1) is 0 Å². The highest BCUT2D eigenvalue weighted by atomic mass is 16.5. The third-order valence-electron chi connectivity index (χ3n) is 2.77. The van der Waals surface area contributed by atoms with Crippen LogP contribution < -0.4 is 5.73 Å². The van der Waals surface area contributed by atoms with Crippen molar-refractivity contribution in [2.45, 2.75) is 38.3 Å². The molecule has 6 heteroatoms. The molecule has 2 atom stereocenters. The number of ether oxygens (including phenoxy) is 1. The molecule has 1 fully saturated rings. The fourth-order valence-electron chi connectivity index (χ4n) is 1.85. The van der Waals surface area contributed by atoms with Gasteiger partial charge in [-0.15, -0.1) is 0 Å². The zero-order valence-electron chi connectivity index (χ0n) is 10.1. The van der Waals surface area contributed by atoms with Crippen LogP contribution in [0.1, 0.15) is 26.2 Å². The molecule has 0 saturated carbocycles. The van der Waals surface area contributed by atoms with Crippen LogP contribution in [-0.4, -0.2) is 53.7 Å². The summed E-state index contributed by atoms with van der Waals surface area (Å²) in [6.45, 7) is 3.09. The van der Waals surface area contributed by atoms with E-state index >= 15 is 0 Å². The summed E-state index contributed by atoms with van der Waals surface area (Å²) < 4.78 is 5.21. The third-order valence-corrected chi connectivity index (χ3v) is 2.77. The molecule has 1 aliphatic heterocycles. The topological polar surface area (TPSA) is 92.9 Å². The third kappa shape index (κ3) is 4.70. The Balaban J connectivity index is 2.51. The van der Waals surface area contributed by atoms with Gasteiger partial charge in [0.15, 0.2) is 0 Å². The highest BCUT2D eigenvalue weighted by molar-refractivity contribution is 5.77. The normalized spacial score (nSPS) is 22.2. The van der Waals surface area contributed by atoms with Crippen LogP contribution in [-0.2, 0) is 14.3 Å². The predicted octanol–water partition coefficient (Wildman–Crippen LogP) is -0.184. The molecule has 0 aromatic rings. The lowest BCUT2D eigenvalue weighted by atomic mass is 10.1. The Morgan fingerprint density at radius 3 is 2.88 bits per heavy atom. The first-order chi connectivity index (χ1) is 8.00.